The summed E-state index contributed by atoms with van der Waals surface area (Å²) in [6, 6.07) is 2.01. The molecule has 0 saturated heterocycles. The van der Waals surface area contributed by atoms with Crippen molar-refractivity contribution in [3.05, 3.63) is 16.9 Å². The predicted molar refractivity (Wildman–Crippen MR) is 62.5 cm³/mol. The number of hydrogen-bond donors (Lipinski definition) is 0. The first-order valence-corrected chi connectivity index (χ1v) is 5.80. The Kier molecular flexibility index (Phi) is 4.87. The molecule has 78 valence electrons. The summed E-state index contributed by atoms with van der Waals surface area (Å²) in [6.45, 7) is 6.52. The van der Waals surface area contributed by atoms with E-state index >= 15 is 0 Å². The number of anilines is 1. The van der Waals surface area contributed by atoms with Gasteiger partial charge < -0.3 is 4.90 Å². The molecule has 4 heteroatoms. The zero-order valence-electron chi connectivity index (χ0n) is 8.70. The maximum Gasteiger partial charge on any atom is 0.130 e. The molecule has 0 radical (unpaired) electrons. The van der Waals surface area contributed by atoms with E-state index in [9.17, 15) is 0 Å². The molecule has 0 atom stereocenters. The second-order valence-corrected chi connectivity index (χ2v) is 4.04. The van der Waals surface area contributed by atoms with Crippen LogP contribution >= 0.6 is 15.9 Å². The Morgan fingerprint density at radius 2 is 1.93 bits per heavy atom. The SMILES string of the molecule is CCCN(CCC)c1cnnc(Br)c1. The van der Waals surface area contributed by atoms with Crippen LogP contribution in [0.25, 0.3) is 0 Å². The zero-order valence-corrected chi connectivity index (χ0v) is 10.3. The van der Waals surface area contributed by atoms with Crippen molar-refractivity contribution in [1.29, 1.82) is 0 Å². The van der Waals surface area contributed by atoms with E-state index in [4.69, 9.17) is 0 Å². The summed E-state index contributed by atoms with van der Waals surface area (Å²) in [6.07, 6.45) is 4.12. The first-order valence-electron chi connectivity index (χ1n) is 5.01. The highest BCUT2D eigenvalue weighted by molar-refractivity contribution is 9.10. The molecule has 0 aliphatic heterocycles. The number of rotatable bonds is 5. The number of aromatic nitrogens is 2. The third kappa shape index (κ3) is 3.25. The van der Waals surface area contributed by atoms with Gasteiger partial charge >= 0.3 is 0 Å². The van der Waals surface area contributed by atoms with Crippen LogP contribution < -0.4 is 4.90 Å². The molecule has 0 unspecified atom stereocenters. The second-order valence-electron chi connectivity index (χ2n) is 3.22. The lowest BCUT2D eigenvalue weighted by atomic mass is 10.3. The van der Waals surface area contributed by atoms with Crippen molar-refractivity contribution in [3.63, 3.8) is 0 Å². The van der Waals surface area contributed by atoms with Crippen molar-refractivity contribution < 1.29 is 0 Å². The van der Waals surface area contributed by atoms with E-state index in [0.717, 1.165) is 36.2 Å². The van der Waals surface area contributed by atoms with Gasteiger partial charge in [-0.3, -0.25) is 0 Å². The molecule has 0 N–H and O–H groups in total. The minimum atomic E-state index is 0.798. The molecule has 0 amide bonds. The van der Waals surface area contributed by atoms with Gasteiger partial charge in [-0.2, -0.15) is 5.10 Å². The van der Waals surface area contributed by atoms with E-state index in [1.54, 1.807) is 0 Å². The van der Waals surface area contributed by atoms with Crippen molar-refractivity contribution in [2.75, 3.05) is 18.0 Å². The molecule has 0 saturated carbocycles. The summed E-state index contributed by atoms with van der Waals surface area (Å²) in [5.74, 6) is 0. The summed E-state index contributed by atoms with van der Waals surface area (Å²) in [7, 11) is 0. The summed E-state index contributed by atoms with van der Waals surface area (Å²) >= 11 is 3.33. The normalized spacial score (nSPS) is 10.2. The van der Waals surface area contributed by atoms with Crippen LogP contribution in [0.5, 0.6) is 0 Å². The summed E-state index contributed by atoms with van der Waals surface area (Å²) in [5.41, 5.74) is 1.15. The standard InChI is InChI=1S/C10H16BrN3/c1-3-5-14(6-4-2)9-7-10(11)13-12-8-9/h7-8H,3-6H2,1-2H3. The third-order valence-electron chi connectivity index (χ3n) is 1.96. The highest BCUT2D eigenvalue weighted by Gasteiger charge is 2.05. The maximum atomic E-state index is 3.93. The van der Waals surface area contributed by atoms with Crippen LogP contribution in [0.4, 0.5) is 5.69 Å². The molecule has 0 aromatic carbocycles. The van der Waals surface area contributed by atoms with Crippen LogP contribution in [-0.4, -0.2) is 23.3 Å². The fraction of sp³-hybridized carbons (Fsp3) is 0.600. The average molecular weight is 258 g/mol. The summed E-state index contributed by atoms with van der Waals surface area (Å²) in [4.78, 5) is 2.33. The van der Waals surface area contributed by atoms with Crippen LogP contribution in [0, 0.1) is 0 Å². The van der Waals surface area contributed by atoms with Gasteiger partial charge in [-0.25, -0.2) is 0 Å². The fourth-order valence-corrected chi connectivity index (χ4v) is 1.74. The van der Waals surface area contributed by atoms with E-state index < -0.39 is 0 Å². The monoisotopic (exact) mass is 257 g/mol. The van der Waals surface area contributed by atoms with Crippen LogP contribution in [0.15, 0.2) is 16.9 Å². The largest absolute Gasteiger partial charge is 0.370 e. The molecule has 1 heterocycles. The van der Waals surface area contributed by atoms with Crippen LogP contribution in [-0.2, 0) is 0 Å². The Morgan fingerprint density at radius 3 is 2.43 bits per heavy atom. The Bertz CT molecular complexity index is 272. The highest BCUT2D eigenvalue weighted by atomic mass is 79.9. The van der Waals surface area contributed by atoms with Crippen molar-refractivity contribution in [2.45, 2.75) is 26.7 Å². The molecule has 0 bridgehead atoms. The van der Waals surface area contributed by atoms with Gasteiger partial charge in [0.1, 0.15) is 4.60 Å². The van der Waals surface area contributed by atoms with Gasteiger partial charge in [0, 0.05) is 13.1 Å². The molecular formula is C10H16BrN3. The molecule has 0 aliphatic carbocycles. The fourth-order valence-electron chi connectivity index (χ4n) is 1.41. The van der Waals surface area contributed by atoms with Gasteiger partial charge in [-0.15, -0.1) is 5.10 Å². The van der Waals surface area contributed by atoms with Crippen molar-refractivity contribution in [2.24, 2.45) is 0 Å². The second kappa shape index (κ2) is 5.96. The first-order chi connectivity index (χ1) is 6.77. The molecule has 0 fully saturated rings. The van der Waals surface area contributed by atoms with Crippen molar-refractivity contribution >= 4 is 21.6 Å². The quantitative estimate of drug-likeness (QED) is 0.813. The number of hydrogen-bond acceptors (Lipinski definition) is 3. The molecular weight excluding hydrogens is 242 g/mol. The van der Waals surface area contributed by atoms with E-state index in [0.29, 0.717) is 0 Å². The van der Waals surface area contributed by atoms with Crippen LogP contribution in [0.3, 0.4) is 0 Å². The van der Waals surface area contributed by atoms with Crippen molar-refractivity contribution in [3.8, 4) is 0 Å². The number of nitrogens with zero attached hydrogens (tertiary/aromatic N) is 3. The van der Waals surface area contributed by atoms with E-state index in [1.165, 1.54) is 0 Å². The Morgan fingerprint density at radius 1 is 1.29 bits per heavy atom. The van der Waals surface area contributed by atoms with Gasteiger partial charge in [-0.1, -0.05) is 13.8 Å². The molecule has 1 rings (SSSR count). The van der Waals surface area contributed by atoms with E-state index in [-0.39, 0.29) is 0 Å². The molecule has 3 nitrogen and oxygen atoms in total. The zero-order chi connectivity index (χ0) is 10.4. The third-order valence-corrected chi connectivity index (χ3v) is 2.35. The van der Waals surface area contributed by atoms with E-state index in [2.05, 4.69) is 44.9 Å². The van der Waals surface area contributed by atoms with Gasteiger partial charge in [0.05, 0.1) is 11.9 Å². The molecule has 0 aliphatic rings. The van der Waals surface area contributed by atoms with Gasteiger partial charge in [0.25, 0.3) is 0 Å². The molecule has 1 aromatic rings. The van der Waals surface area contributed by atoms with Crippen molar-refractivity contribution in [1.82, 2.24) is 10.2 Å². The van der Waals surface area contributed by atoms with Gasteiger partial charge in [-0.05, 0) is 34.8 Å². The first kappa shape index (κ1) is 11.4. The predicted octanol–water partition coefficient (Wildman–Crippen LogP) is 2.87. The Labute approximate surface area is 93.7 Å². The minimum Gasteiger partial charge on any atom is -0.370 e. The number of halogens is 1. The lowest BCUT2D eigenvalue weighted by molar-refractivity contribution is 0.740. The summed E-state index contributed by atoms with van der Waals surface area (Å²) < 4.78 is 0.798. The Hall–Kier alpha value is -0.640. The summed E-state index contributed by atoms with van der Waals surface area (Å²) in [5, 5.41) is 7.81. The lowest BCUT2D eigenvalue weighted by Crippen LogP contribution is -2.25. The van der Waals surface area contributed by atoms with Gasteiger partial charge in [0.2, 0.25) is 0 Å². The maximum absolute atomic E-state index is 3.93. The molecule has 1 aromatic heterocycles. The molecule has 0 spiro atoms. The smallest absolute Gasteiger partial charge is 0.130 e. The Balaban J connectivity index is 2.75. The average Bonchev–Trinajstić information content (AvgIpc) is 2.17. The topological polar surface area (TPSA) is 29.0 Å². The highest BCUT2D eigenvalue weighted by Crippen LogP contribution is 2.16. The minimum absolute atomic E-state index is 0.798. The van der Waals surface area contributed by atoms with Crippen LogP contribution in [0.2, 0.25) is 0 Å². The van der Waals surface area contributed by atoms with Crippen LogP contribution in [0.1, 0.15) is 26.7 Å². The van der Waals surface area contributed by atoms with E-state index in [1.807, 2.05) is 12.3 Å². The lowest BCUT2D eigenvalue weighted by Gasteiger charge is -2.22. The molecule has 14 heavy (non-hydrogen) atoms. The van der Waals surface area contributed by atoms with Gasteiger partial charge in [0.15, 0.2) is 0 Å².